The van der Waals surface area contributed by atoms with E-state index in [1.807, 2.05) is 0 Å². The lowest BCUT2D eigenvalue weighted by Crippen LogP contribution is -2.55. The Bertz CT molecular complexity index is 689. The summed E-state index contributed by atoms with van der Waals surface area (Å²) in [6, 6.07) is 2.24. The van der Waals surface area contributed by atoms with E-state index in [0.717, 1.165) is 38.0 Å². The summed E-state index contributed by atoms with van der Waals surface area (Å²) in [5, 5.41) is 8.84. The highest BCUT2D eigenvalue weighted by Gasteiger charge is 2.58. The molecule has 0 radical (unpaired) electrons. The molecule has 2 fully saturated rings. The number of unbranched alkanes of at least 4 members (excludes halogenated alkanes) is 2. The van der Waals surface area contributed by atoms with Crippen molar-refractivity contribution in [3.8, 4) is 6.07 Å². The van der Waals surface area contributed by atoms with Crippen LogP contribution >= 0.6 is 0 Å². The van der Waals surface area contributed by atoms with E-state index in [-0.39, 0.29) is 17.0 Å². The van der Waals surface area contributed by atoms with Gasteiger partial charge in [-0.25, -0.2) is 0 Å². The number of esters is 1. The molecule has 0 aromatic carbocycles. The highest BCUT2D eigenvalue weighted by atomic mass is 16.6. The monoisotopic (exact) mass is 413 g/mol. The molecule has 1 heterocycles. The standard InChI is InChI=1S/C27H43NO2/c1-19(2)10-9-11-20(3)22-12-13-23-21-18-25(29)30-27(5,15-7-6-8-17-28)24(21)14-16-26(22,23)4/h12,19-21,23-24H,6-11,13-16,18H2,1-5H3/t20-,21+,23+,24+,26-,27?/m1/s1. The summed E-state index contributed by atoms with van der Waals surface area (Å²) in [5.74, 6) is 2.95. The largest absolute Gasteiger partial charge is 0.459 e. The first-order valence-corrected chi connectivity index (χ1v) is 12.5. The number of rotatable bonds is 9. The van der Waals surface area contributed by atoms with E-state index in [4.69, 9.17) is 10.00 Å². The summed E-state index contributed by atoms with van der Waals surface area (Å²) < 4.78 is 6.02. The van der Waals surface area contributed by atoms with Crippen molar-refractivity contribution in [1.82, 2.24) is 0 Å². The molecule has 3 rings (SSSR count). The molecule has 1 aliphatic heterocycles. The van der Waals surface area contributed by atoms with Crippen molar-refractivity contribution in [3.63, 3.8) is 0 Å². The van der Waals surface area contributed by atoms with Gasteiger partial charge in [-0.15, -0.1) is 0 Å². The number of cyclic esters (lactones) is 1. The zero-order valence-electron chi connectivity index (χ0n) is 20.0. The molecule has 3 aliphatic rings. The van der Waals surface area contributed by atoms with Gasteiger partial charge in [0.15, 0.2) is 0 Å². The Kier molecular flexibility index (Phi) is 7.36. The van der Waals surface area contributed by atoms with Gasteiger partial charge in [0.2, 0.25) is 0 Å². The Balaban J connectivity index is 1.70. The van der Waals surface area contributed by atoms with Crippen molar-refractivity contribution in [2.45, 2.75) is 111 Å². The highest BCUT2D eigenvalue weighted by molar-refractivity contribution is 5.71. The van der Waals surface area contributed by atoms with Gasteiger partial charge in [0.25, 0.3) is 0 Å². The lowest BCUT2D eigenvalue weighted by molar-refractivity contribution is -0.194. The molecule has 1 unspecified atom stereocenters. The normalized spacial score (nSPS) is 36.5. The number of carbonyl (C=O) groups is 1. The van der Waals surface area contributed by atoms with E-state index in [0.29, 0.717) is 36.5 Å². The average Bonchev–Trinajstić information content (AvgIpc) is 3.02. The molecule has 30 heavy (non-hydrogen) atoms. The molecule has 3 heteroatoms. The first-order chi connectivity index (χ1) is 14.2. The molecular formula is C27H43NO2. The number of ether oxygens (including phenoxy) is 1. The lowest BCUT2D eigenvalue weighted by atomic mass is 9.52. The fourth-order valence-electron chi connectivity index (χ4n) is 7.17. The van der Waals surface area contributed by atoms with Gasteiger partial charge in [0.05, 0.1) is 6.07 Å². The summed E-state index contributed by atoms with van der Waals surface area (Å²) in [6.45, 7) is 11.7. The summed E-state index contributed by atoms with van der Waals surface area (Å²) in [6.07, 6.45) is 14.0. The molecule has 2 aliphatic carbocycles. The third-order valence-corrected chi connectivity index (χ3v) is 8.77. The van der Waals surface area contributed by atoms with Gasteiger partial charge in [0.1, 0.15) is 5.60 Å². The van der Waals surface area contributed by atoms with E-state index < -0.39 is 0 Å². The van der Waals surface area contributed by atoms with Crippen LogP contribution in [-0.4, -0.2) is 11.6 Å². The second-order valence-electron chi connectivity index (χ2n) is 11.3. The fourth-order valence-corrected chi connectivity index (χ4v) is 7.17. The van der Waals surface area contributed by atoms with Gasteiger partial charge in [0, 0.05) is 18.8 Å². The molecule has 1 saturated heterocycles. The van der Waals surface area contributed by atoms with Crippen LogP contribution in [0.5, 0.6) is 0 Å². The fraction of sp³-hybridized carbons (Fsp3) is 0.852. The highest BCUT2D eigenvalue weighted by Crippen LogP contribution is 2.62. The maximum Gasteiger partial charge on any atom is 0.306 e. The summed E-state index contributed by atoms with van der Waals surface area (Å²) in [4.78, 5) is 12.6. The van der Waals surface area contributed by atoms with Crippen LogP contribution < -0.4 is 0 Å². The van der Waals surface area contributed by atoms with Crippen LogP contribution in [-0.2, 0) is 9.53 Å². The van der Waals surface area contributed by atoms with Crippen LogP contribution in [0.25, 0.3) is 0 Å². The minimum Gasteiger partial charge on any atom is -0.459 e. The molecule has 0 aromatic rings. The van der Waals surface area contributed by atoms with E-state index in [2.05, 4.69) is 46.8 Å². The molecule has 0 bridgehead atoms. The predicted octanol–water partition coefficient (Wildman–Crippen LogP) is 7.22. The van der Waals surface area contributed by atoms with Gasteiger partial charge in [-0.3, -0.25) is 4.79 Å². The number of hydrogen-bond donors (Lipinski definition) is 0. The van der Waals surface area contributed by atoms with Crippen LogP contribution in [0.15, 0.2) is 11.6 Å². The Morgan fingerprint density at radius 1 is 1.17 bits per heavy atom. The van der Waals surface area contributed by atoms with Crippen LogP contribution in [0.2, 0.25) is 0 Å². The molecule has 6 atom stereocenters. The Morgan fingerprint density at radius 3 is 2.63 bits per heavy atom. The van der Waals surface area contributed by atoms with Gasteiger partial charge in [-0.2, -0.15) is 5.26 Å². The summed E-state index contributed by atoms with van der Waals surface area (Å²) in [5.41, 5.74) is 1.60. The Morgan fingerprint density at radius 2 is 1.93 bits per heavy atom. The van der Waals surface area contributed by atoms with Crippen molar-refractivity contribution in [3.05, 3.63) is 11.6 Å². The molecule has 0 aromatic heterocycles. The van der Waals surface area contributed by atoms with Crippen molar-refractivity contribution in [1.29, 1.82) is 5.26 Å². The minimum absolute atomic E-state index is 0.00159. The maximum atomic E-state index is 12.6. The summed E-state index contributed by atoms with van der Waals surface area (Å²) >= 11 is 0. The van der Waals surface area contributed by atoms with Crippen molar-refractivity contribution < 1.29 is 9.53 Å². The number of carbonyl (C=O) groups excluding carboxylic acids is 1. The molecule has 0 spiro atoms. The maximum absolute atomic E-state index is 12.6. The van der Waals surface area contributed by atoms with Gasteiger partial charge < -0.3 is 4.74 Å². The molecular weight excluding hydrogens is 370 g/mol. The van der Waals surface area contributed by atoms with Crippen LogP contribution in [0.3, 0.4) is 0 Å². The first kappa shape index (κ1) is 23.4. The zero-order chi connectivity index (χ0) is 21.9. The van der Waals surface area contributed by atoms with E-state index in [1.54, 1.807) is 5.57 Å². The Labute approximate surface area is 184 Å². The van der Waals surface area contributed by atoms with Crippen molar-refractivity contribution in [2.24, 2.45) is 35.0 Å². The number of allylic oxidation sites excluding steroid dienone is 2. The lowest BCUT2D eigenvalue weighted by Gasteiger charge is -2.55. The van der Waals surface area contributed by atoms with Crippen LogP contribution in [0.4, 0.5) is 0 Å². The number of fused-ring (bicyclic) bond motifs is 3. The van der Waals surface area contributed by atoms with Gasteiger partial charge in [-0.05, 0) is 81.0 Å². The molecule has 0 amide bonds. The third-order valence-electron chi connectivity index (χ3n) is 8.77. The van der Waals surface area contributed by atoms with Crippen LogP contribution in [0, 0.1) is 46.3 Å². The molecule has 3 nitrogen and oxygen atoms in total. The number of nitrogens with zero attached hydrogens (tertiary/aromatic N) is 1. The van der Waals surface area contributed by atoms with E-state index >= 15 is 0 Å². The second-order valence-corrected chi connectivity index (χ2v) is 11.3. The van der Waals surface area contributed by atoms with E-state index in [1.165, 1.54) is 25.7 Å². The number of hydrogen-bond acceptors (Lipinski definition) is 3. The molecule has 1 saturated carbocycles. The minimum atomic E-state index is -0.345. The van der Waals surface area contributed by atoms with E-state index in [9.17, 15) is 4.79 Å². The van der Waals surface area contributed by atoms with Gasteiger partial charge in [-0.1, -0.05) is 52.2 Å². The van der Waals surface area contributed by atoms with Gasteiger partial charge >= 0.3 is 5.97 Å². The summed E-state index contributed by atoms with van der Waals surface area (Å²) in [7, 11) is 0. The first-order valence-electron chi connectivity index (χ1n) is 12.5. The number of nitriles is 1. The topological polar surface area (TPSA) is 50.1 Å². The van der Waals surface area contributed by atoms with Crippen molar-refractivity contribution >= 4 is 5.97 Å². The van der Waals surface area contributed by atoms with Crippen LogP contribution in [0.1, 0.15) is 105 Å². The predicted molar refractivity (Wildman–Crippen MR) is 122 cm³/mol. The van der Waals surface area contributed by atoms with Crippen molar-refractivity contribution in [2.75, 3.05) is 0 Å². The third kappa shape index (κ3) is 4.63. The second kappa shape index (κ2) is 9.46. The molecule has 0 N–H and O–H groups in total. The SMILES string of the molecule is CC(C)CCC[C@@H](C)C1=CC[C@H]2[C@@H]3CC(=O)OC(C)(CCCCC#N)[C@H]3CC[C@]12C. The molecule has 168 valence electrons. The average molecular weight is 414 g/mol. The Hall–Kier alpha value is -1.30. The zero-order valence-corrected chi connectivity index (χ0v) is 20.0. The quantitative estimate of drug-likeness (QED) is 0.228. The smallest absolute Gasteiger partial charge is 0.306 e.